The molecular weight excluding hydrogens is 194 g/mol. The van der Waals surface area contributed by atoms with Gasteiger partial charge >= 0.3 is 0 Å². The molecule has 14 heavy (non-hydrogen) atoms. The molecule has 0 saturated heterocycles. The fraction of sp³-hybridized carbons (Fsp3) is 0.364. The van der Waals surface area contributed by atoms with Crippen molar-refractivity contribution in [2.24, 2.45) is 0 Å². The largest absolute Gasteiger partial charge is 0.388 e. The van der Waals surface area contributed by atoms with Gasteiger partial charge in [-0.2, -0.15) is 0 Å². The van der Waals surface area contributed by atoms with E-state index in [1.54, 1.807) is 12.3 Å². The first kappa shape index (κ1) is 11.0. The Kier molecular flexibility index (Phi) is 4.40. The second kappa shape index (κ2) is 5.60. The zero-order chi connectivity index (χ0) is 10.4. The number of carbonyl (C=O) groups is 1. The van der Waals surface area contributed by atoms with Crippen molar-refractivity contribution in [2.45, 2.75) is 26.3 Å². The lowest BCUT2D eigenvalue weighted by Crippen LogP contribution is -2.18. The van der Waals surface area contributed by atoms with E-state index in [2.05, 4.69) is 19.2 Å². The Morgan fingerprint density at radius 2 is 2.50 bits per heavy atom. The summed E-state index contributed by atoms with van der Waals surface area (Å²) in [7, 11) is 0. The van der Waals surface area contributed by atoms with Gasteiger partial charge in [0.05, 0.1) is 4.88 Å². The molecule has 0 fully saturated rings. The number of nitrogens with one attached hydrogen (secondary N) is 1. The SMILES string of the molecule is CCC(C)N/C=C\C(=O)c1cccs1. The minimum absolute atomic E-state index is 0.0656. The molecular formula is C11H15NOS. The number of carbonyl (C=O) groups excluding carboxylic acids is 1. The van der Waals surface area contributed by atoms with E-state index >= 15 is 0 Å². The van der Waals surface area contributed by atoms with E-state index in [-0.39, 0.29) is 5.78 Å². The minimum Gasteiger partial charge on any atom is -0.388 e. The van der Waals surface area contributed by atoms with Crippen molar-refractivity contribution in [1.29, 1.82) is 0 Å². The first-order valence-electron chi connectivity index (χ1n) is 4.74. The van der Waals surface area contributed by atoms with Crippen LogP contribution in [0.2, 0.25) is 0 Å². The number of hydrogen-bond donors (Lipinski definition) is 1. The molecule has 0 aliphatic heterocycles. The number of ketones is 1. The monoisotopic (exact) mass is 209 g/mol. The van der Waals surface area contributed by atoms with Crippen LogP contribution in [-0.2, 0) is 0 Å². The van der Waals surface area contributed by atoms with Crippen LogP contribution in [0, 0.1) is 0 Å². The predicted octanol–water partition coefficient (Wildman–Crippen LogP) is 2.83. The number of allylic oxidation sites excluding steroid dienone is 1. The normalized spacial score (nSPS) is 13.0. The van der Waals surface area contributed by atoms with Gasteiger partial charge in [-0.05, 0) is 24.8 Å². The van der Waals surface area contributed by atoms with E-state index in [0.29, 0.717) is 6.04 Å². The molecule has 3 heteroatoms. The van der Waals surface area contributed by atoms with Crippen LogP contribution in [0.1, 0.15) is 29.9 Å². The van der Waals surface area contributed by atoms with Gasteiger partial charge in [0.15, 0.2) is 5.78 Å². The summed E-state index contributed by atoms with van der Waals surface area (Å²) in [6.07, 6.45) is 4.37. The fourth-order valence-electron chi connectivity index (χ4n) is 0.907. The lowest BCUT2D eigenvalue weighted by atomic mass is 10.2. The highest BCUT2D eigenvalue weighted by Crippen LogP contribution is 2.09. The molecule has 0 aliphatic carbocycles. The molecule has 1 aromatic rings. The van der Waals surface area contributed by atoms with Gasteiger partial charge in [-0.25, -0.2) is 0 Å². The molecule has 1 aromatic heterocycles. The van der Waals surface area contributed by atoms with E-state index in [0.717, 1.165) is 11.3 Å². The van der Waals surface area contributed by atoms with Crippen molar-refractivity contribution in [3.63, 3.8) is 0 Å². The van der Waals surface area contributed by atoms with Crippen molar-refractivity contribution in [3.05, 3.63) is 34.7 Å². The summed E-state index contributed by atoms with van der Waals surface area (Å²) in [6.45, 7) is 4.19. The van der Waals surface area contributed by atoms with Crippen molar-refractivity contribution < 1.29 is 4.79 Å². The molecule has 0 amide bonds. The molecule has 1 unspecified atom stereocenters. The second-order valence-corrected chi connectivity index (χ2v) is 4.10. The number of thiophene rings is 1. The van der Waals surface area contributed by atoms with Gasteiger partial charge in [0.1, 0.15) is 0 Å². The fourth-order valence-corrected chi connectivity index (χ4v) is 1.55. The van der Waals surface area contributed by atoms with E-state index in [1.807, 2.05) is 17.5 Å². The van der Waals surface area contributed by atoms with Gasteiger partial charge in [0.2, 0.25) is 0 Å². The molecule has 1 N–H and O–H groups in total. The smallest absolute Gasteiger partial charge is 0.197 e. The van der Waals surface area contributed by atoms with Crippen LogP contribution in [0.4, 0.5) is 0 Å². The third-order valence-electron chi connectivity index (χ3n) is 1.99. The number of hydrogen-bond acceptors (Lipinski definition) is 3. The predicted molar refractivity (Wildman–Crippen MR) is 60.7 cm³/mol. The Bertz CT molecular complexity index is 303. The Morgan fingerprint density at radius 1 is 1.71 bits per heavy atom. The van der Waals surface area contributed by atoms with Gasteiger partial charge in [0.25, 0.3) is 0 Å². The summed E-state index contributed by atoms with van der Waals surface area (Å²) < 4.78 is 0. The maximum Gasteiger partial charge on any atom is 0.197 e. The lowest BCUT2D eigenvalue weighted by molar-refractivity contribution is 0.105. The van der Waals surface area contributed by atoms with Crippen LogP contribution in [0.25, 0.3) is 0 Å². The van der Waals surface area contributed by atoms with Crippen LogP contribution < -0.4 is 5.32 Å². The molecule has 0 aliphatic rings. The zero-order valence-electron chi connectivity index (χ0n) is 8.49. The molecule has 1 heterocycles. The Balaban J connectivity index is 2.41. The highest BCUT2D eigenvalue weighted by atomic mass is 32.1. The Hall–Kier alpha value is -1.09. The third kappa shape index (κ3) is 3.34. The Morgan fingerprint density at radius 3 is 3.07 bits per heavy atom. The van der Waals surface area contributed by atoms with Gasteiger partial charge in [-0.3, -0.25) is 4.79 Å². The van der Waals surface area contributed by atoms with Crippen LogP contribution in [-0.4, -0.2) is 11.8 Å². The van der Waals surface area contributed by atoms with Gasteiger partial charge in [0, 0.05) is 18.3 Å². The topological polar surface area (TPSA) is 29.1 Å². The van der Waals surface area contributed by atoms with Gasteiger partial charge in [-0.15, -0.1) is 11.3 Å². The summed E-state index contributed by atoms with van der Waals surface area (Å²) in [4.78, 5) is 12.2. The molecule has 0 aromatic carbocycles. The lowest BCUT2D eigenvalue weighted by Gasteiger charge is -2.06. The molecule has 0 saturated carbocycles. The van der Waals surface area contributed by atoms with E-state index in [4.69, 9.17) is 0 Å². The average Bonchev–Trinajstić information content (AvgIpc) is 2.70. The first-order chi connectivity index (χ1) is 6.74. The summed E-state index contributed by atoms with van der Waals surface area (Å²) in [5.41, 5.74) is 0. The molecule has 76 valence electrons. The van der Waals surface area contributed by atoms with Crippen LogP contribution in [0.3, 0.4) is 0 Å². The highest BCUT2D eigenvalue weighted by molar-refractivity contribution is 7.12. The van der Waals surface area contributed by atoms with Crippen LogP contribution in [0.5, 0.6) is 0 Å². The van der Waals surface area contributed by atoms with E-state index in [1.165, 1.54) is 11.3 Å². The molecule has 1 atom stereocenters. The summed E-state index contributed by atoms with van der Waals surface area (Å²) in [6, 6.07) is 4.14. The quantitative estimate of drug-likeness (QED) is 0.597. The minimum atomic E-state index is 0.0656. The standard InChI is InChI=1S/C11H15NOS/c1-3-9(2)12-7-6-10(13)11-5-4-8-14-11/h4-9,12H,3H2,1-2H3/b7-6-. The van der Waals surface area contributed by atoms with Crippen molar-refractivity contribution in [3.8, 4) is 0 Å². The van der Waals surface area contributed by atoms with Gasteiger partial charge < -0.3 is 5.32 Å². The maximum atomic E-state index is 11.5. The van der Waals surface area contributed by atoms with E-state index < -0.39 is 0 Å². The van der Waals surface area contributed by atoms with Crippen molar-refractivity contribution in [1.82, 2.24) is 5.32 Å². The van der Waals surface area contributed by atoms with Crippen molar-refractivity contribution >= 4 is 17.1 Å². The van der Waals surface area contributed by atoms with Crippen LogP contribution >= 0.6 is 11.3 Å². The summed E-state index contributed by atoms with van der Waals surface area (Å²) in [5.74, 6) is 0.0656. The van der Waals surface area contributed by atoms with E-state index in [9.17, 15) is 4.79 Å². The molecule has 0 bridgehead atoms. The molecule has 1 rings (SSSR count). The Labute approximate surface area is 88.6 Å². The van der Waals surface area contributed by atoms with Crippen LogP contribution in [0.15, 0.2) is 29.8 Å². The third-order valence-corrected chi connectivity index (χ3v) is 2.88. The average molecular weight is 209 g/mol. The highest BCUT2D eigenvalue weighted by Gasteiger charge is 2.01. The molecule has 0 radical (unpaired) electrons. The zero-order valence-corrected chi connectivity index (χ0v) is 9.30. The number of rotatable bonds is 5. The summed E-state index contributed by atoms with van der Waals surface area (Å²) in [5, 5.41) is 5.03. The molecule has 2 nitrogen and oxygen atoms in total. The maximum absolute atomic E-state index is 11.5. The summed E-state index contributed by atoms with van der Waals surface area (Å²) >= 11 is 1.47. The van der Waals surface area contributed by atoms with Gasteiger partial charge in [-0.1, -0.05) is 13.0 Å². The van der Waals surface area contributed by atoms with Crippen molar-refractivity contribution in [2.75, 3.05) is 0 Å². The second-order valence-electron chi connectivity index (χ2n) is 3.15. The molecule has 0 spiro atoms. The first-order valence-corrected chi connectivity index (χ1v) is 5.62.